The van der Waals surface area contributed by atoms with Crippen molar-refractivity contribution in [3.63, 3.8) is 0 Å². The van der Waals surface area contributed by atoms with Crippen molar-refractivity contribution >= 4 is 35.4 Å². The van der Waals surface area contributed by atoms with Crippen LogP contribution in [0.15, 0.2) is 0 Å². The van der Waals surface area contributed by atoms with E-state index in [0.29, 0.717) is 0 Å². The molecule has 1 heterocycles. The fourth-order valence-corrected chi connectivity index (χ4v) is 2.63. The molecule has 1 rings (SSSR count). The van der Waals surface area contributed by atoms with Crippen LogP contribution < -0.4 is 5.32 Å². The summed E-state index contributed by atoms with van der Waals surface area (Å²) in [6, 6.07) is -1.45. The highest BCUT2D eigenvalue weighted by atomic mass is 35.5. The summed E-state index contributed by atoms with van der Waals surface area (Å²) in [5, 5.41) is 10.1. The van der Waals surface area contributed by atoms with Gasteiger partial charge in [-0.15, -0.1) is 0 Å². The molecule has 25 heavy (non-hydrogen) atoms. The molecule has 11 heteroatoms. The Morgan fingerprint density at radius 1 is 1.04 bits per heavy atom. The van der Waals surface area contributed by atoms with Crippen molar-refractivity contribution in [1.82, 2.24) is 5.32 Å². The number of rotatable bonds is 5. The minimum absolute atomic E-state index is 0.438. The third-order valence-electron chi connectivity index (χ3n) is 3.13. The molecule has 0 saturated carbocycles. The fourth-order valence-electron chi connectivity index (χ4n) is 2.34. The highest BCUT2D eigenvalue weighted by Crippen LogP contribution is 2.34. The van der Waals surface area contributed by atoms with Crippen LogP contribution in [0.25, 0.3) is 0 Å². The summed E-state index contributed by atoms with van der Waals surface area (Å²) in [6.07, 6.45) is -3.93. The Morgan fingerprint density at radius 2 is 1.56 bits per heavy atom. The van der Waals surface area contributed by atoms with E-state index in [1.807, 2.05) is 0 Å². The predicted octanol–water partition coefficient (Wildman–Crippen LogP) is -0.799. The van der Waals surface area contributed by atoms with Crippen LogP contribution in [0.2, 0.25) is 0 Å². The fraction of sp³-hybridized carbons (Fsp3) is 0.714. The molecule has 0 aromatic heterocycles. The van der Waals surface area contributed by atoms with E-state index in [2.05, 4.69) is 5.32 Å². The second-order valence-corrected chi connectivity index (χ2v) is 5.94. The molecule has 1 fully saturated rings. The Bertz CT molecular complexity index is 550. The first-order valence-corrected chi connectivity index (χ1v) is 7.65. The van der Waals surface area contributed by atoms with Crippen LogP contribution >= 0.6 is 11.6 Å². The maximum Gasteiger partial charge on any atom is 0.303 e. The van der Waals surface area contributed by atoms with E-state index in [9.17, 15) is 24.3 Å². The van der Waals surface area contributed by atoms with Crippen LogP contribution in [0.1, 0.15) is 27.7 Å². The molecule has 2 N–H and O–H groups in total. The highest BCUT2D eigenvalue weighted by Gasteiger charge is 2.57. The van der Waals surface area contributed by atoms with Gasteiger partial charge in [-0.2, -0.15) is 0 Å². The summed E-state index contributed by atoms with van der Waals surface area (Å²) in [6.45, 7) is 4.03. The Kier molecular flexibility index (Phi) is 7.15. The molecule has 1 saturated heterocycles. The van der Waals surface area contributed by atoms with E-state index in [4.69, 9.17) is 30.5 Å². The lowest BCUT2D eigenvalue weighted by molar-refractivity contribution is -0.284. The third kappa shape index (κ3) is 6.15. The van der Waals surface area contributed by atoms with Crippen molar-refractivity contribution in [2.75, 3.05) is 6.61 Å². The summed E-state index contributed by atoms with van der Waals surface area (Å²) < 4.78 is 20.2. The Labute approximate surface area is 148 Å². The van der Waals surface area contributed by atoms with Gasteiger partial charge in [-0.25, -0.2) is 0 Å². The SMILES string of the molecule is CC(=O)N[C@@H]1[C@@H](OC(C)=O)[C@@H](OC(C)=O)[C@@H](COC(C)=O)O[C@@]1(O)Cl. The van der Waals surface area contributed by atoms with Crippen LogP contribution in [0, 0.1) is 0 Å². The normalized spacial score (nSPS) is 31.6. The number of amides is 1. The molecule has 0 spiro atoms. The Balaban J connectivity index is 3.24. The van der Waals surface area contributed by atoms with E-state index >= 15 is 0 Å². The van der Waals surface area contributed by atoms with Crippen LogP contribution in [0.3, 0.4) is 0 Å². The van der Waals surface area contributed by atoms with Gasteiger partial charge in [0.25, 0.3) is 5.25 Å². The van der Waals surface area contributed by atoms with Crippen molar-refractivity contribution in [1.29, 1.82) is 0 Å². The largest absolute Gasteiger partial charge is 0.463 e. The van der Waals surface area contributed by atoms with Crippen molar-refractivity contribution < 1.29 is 43.2 Å². The minimum Gasteiger partial charge on any atom is -0.463 e. The van der Waals surface area contributed by atoms with Crippen LogP contribution in [-0.2, 0) is 38.1 Å². The van der Waals surface area contributed by atoms with E-state index in [0.717, 1.165) is 27.7 Å². The number of alkyl halides is 1. The summed E-state index contributed by atoms with van der Waals surface area (Å²) in [5.41, 5.74) is 0. The van der Waals surface area contributed by atoms with Gasteiger partial charge in [-0.3, -0.25) is 19.2 Å². The Morgan fingerprint density at radius 3 is 2.00 bits per heavy atom. The predicted molar refractivity (Wildman–Crippen MR) is 81.0 cm³/mol. The molecule has 1 amide bonds. The summed E-state index contributed by atoms with van der Waals surface area (Å²) >= 11 is 5.92. The molecule has 0 aromatic carbocycles. The number of carbonyl (C=O) groups excluding carboxylic acids is 4. The second-order valence-electron chi connectivity index (χ2n) is 5.39. The van der Waals surface area contributed by atoms with Gasteiger partial charge >= 0.3 is 17.9 Å². The number of carbonyl (C=O) groups is 4. The number of esters is 3. The van der Waals surface area contributed by atoms with E-state index in [-0.39, 0.29) is 0 Å². The first-order valence-electron chi connectivity index (χ1n) is 7.28. The van der Waals surface area contributed by atoms with Gasteiger partial charge in [0, 0.05) is 27.7 Å². The number of ether oxygens (including phenoxy) is 4. The zero-order valence-corrected chi connectivity index (χ0v) is 14.9. The molecule has 0 radical (unpaired) electrons. The summed E-state index contributed by atoms with van der Waals surface area (Å²) in [4.78, 5) is 45.3. The first-order chi connectivity index (χ1) is 11.4. The van der Waals surface area contributed by atoms with Gasteiger partial charge in [0.15, 0.2) is 12.2 Å². The summed E-state index contributed by atoms with van der Waals surface area (Å²) in [7, 11) is 0. The summed E-state index contributed by atoms with van der Waals surface area (Å²) in [5.74, 6) is -2.79. The molecule has 142 valence electrons. The highest BCUT2D eigenvalue weighted by molar-refractivity contribution is 6.22. The van der Waals surface area contributed by atoms with Crippen molar-refractivity contribution in [2.45, 2.75) is 57.3 Å². The molecule has 0 unspecified atom stereocenters. The number of hydrogen-bond acceptors (Lipinski definition) is 9. The monoisotopic (exact) mass is 381 g/mol. The van der Waals surface area contributed by atoms with Crippen molar-refractivity contribution in [3.8, 4) is 0 Å². The maximum atomic E-state index is 11.4. The number of aliphatic hydroxyl groups is 1. The quantitative estimate of drug-likeness (QED) is 0.356. The first kappa shape index (κ1) is 21.1. The lowest BCUT2D eigenvalue weighted by Crippen LogP contribution is -2.69. The lowest BCUT2D eigenvalue weighted by atomic mass is 9.96. The molecule has 5 atom stereocenters. The van der Waals surface area contributed by atoms with E-state index in [1.165, 1.54) is 0 Å². The number of nitrogens with one attached hydrogen (secondary N) is 1. The number of hydrogen-bond donors (Lipinski definition) is 2. The maximum absolute atomic E-state index is 11.4. The molecule has 1 aliphatic heterocycles. The molecule has 10 nitrogen and oxygen atoms in total. The topological polar surface area (TPSA) is 137 Å². The Hall–Kier alpha value is -1.91. The van der Waals surface area contributed by atoms with Crippen LogP contribution in [-0.4, -0.2) is 65.1 Å². The van der Waals surface area contributed by atoms with E-state index in [1.54, 1.807) is 0 Å². The van der Waals surface area contributed by atoms with Crippen molar-refractivity contribution in [2.24, 2.45) is 0 Å². The molecule has 0 aromatic rings. The zero-order chi connectivity index (χ0) is 19.4. The van der Waals surface area contributed by atoms with Crippen molar-refractivity contribution in [3.05, 3.63) is 0 Å². The van der Waals surface area contributed by atoms with Gasteiger partial charge in [-0.1, -0.05) is 11.6 Å². The average molecular weight is 382 g/mol. The zero-order valence-electron chi connectivity index (χ0n) is 14.1. The molecule has 0 aliphatic carbocycles. The average Bonchev–Trinajstić information content (AvgIpc) is 2.42. The van der Waals surface area contributed by atoms with Gasteiger partial charge in [0.2, 0.25) is 5.91 Å². The van der Waals surface area contributed by atoms with E-state index < -0.39 is 60.0 Å². The molecule has 0 bridgehead atoms. The van der Waals surface area contributed by atoms with Gasteiger partial charge in [0.05, 0.1) is 0 Å². The smallest absolute Gasteiger partial charge is 0.303 e. The molecule has 1 aliphatic rings. The van der Waals surface area contributed by atoms with Gasteiger partial charge in [0.1, 0.15) is 18.8 Å². The molecular formula is C14H20ClNO9. The van der Waals surface area contributed by atoms with Gasteiger partial charge in [-0.05, 0) is 0 Å². The second kappa shape index (κ2) is 8.45. The van der Waals surface area contributed by atoms with Crippen LogP contribution in [0.5, 0.6) is 0 Å². The third-order valence-corrected chi connectivity index (χ3v) is 3.46. The number of halogens is 1. The standard InChI is InChI=1S/C14H20ClNO9/c1-6(17)16-13-12(24-9(4)20)11(23-8(3)19)10(5-22-7(2)18)25-14(13,15)21/h10-13,21H,5H2,1-4H3,(H,16,17)/t10-,11+,12+,13-,14-/m1/s1. The van der Waals surface area contributed by atoms with Gasteiger partial charge < -0.3 is 29.4 Å². The van der Waals surface area contributed by atoms with Crippen LogP contribution in [0.4, 0.5) is 0 Å². The lowest BCUT2D eigenvalue weighted by Gasteiger charge is -2.46. The minimum atomic E-state index is -2.51. The molecular weight excluding hydrogens is 362 g/mol.